The highest BCUT2D eigenvalue weighted by molar-refractivity contribution is 5.78. The average Bonchev–Trinajstić information content (AvgIpc) is 2.85. The fourth-order valence-corrected chi connectivity index (χ4v) is 3.69. The molecule has 2 aliphatic rings. The van der Waals surface area contributed by atoms with E-state index in [9.17, 15) is 4.79 Å². The lowest BCUT2D eigenvalue weighted by Crippen LogP contribution is -2.43. The molecule has 19 heavy (non-hydrogen) atoms. The van der Waals surface area contributed by atoms with Gasteiger partial charge < -0.3 is 15.8 Å². The number of nitrogens with two attached hydrogens (primary N) is 1. The number of hydrogen-bond acceptors (Lipinski definition) is 3. The highest BCUT2D eigenvalue weighted by Crippen LogP contribution is 2.37. The normalized spacial score (nSPS) is 30.2. The summed E-state index contributed by atoms with van der Waals surface area (Å²) in [6.07, 6.45) is 8.86. The highest BCUT2D eigenvalue weighted by Gasteiger charge is 2.35. The number of carbonyl (C=O) groups excluding carboxylic acids is 1. The summed E-state index contributed by atoms with van der Waals surface area (Å²) >= 11 is 0. The van der Waals surface area contributed by atoms with Gasteiger partial charge in [-0.25, -0.2) is 0 Å². The number of rotatable bonds is 5. The molecule has 0 bridgehead atoms. The molecule has 0 spiro atoms. The van der Waals surface area contributed by atoms with Crippen molar-refractivity contribution in [2.75, 3.05) is 20.3 Å². The molecule has 2 rings (SSSR count). The topological polar surface area (TPSA) is 64.3 Å². The molecule has 0 unspecified atom stereocenters. The van der Waals surface area contributed by atoms with Crippen LogP contribution in [0.25, 0.3) is 0 Å². The van der Waals surface area contributed by atoms with Crippen LogP contribution >= 0.6 is 0 Å². The third-order valence-corrected chi connectivity index (χ3v) is 4.84. The van der Waals surface area contributed by atoms with E-state index in [2.05, 4.69) is 5.32 Å². The van der Waals surface area contributed by atoms with E-state index < -0.39 is 0 Å². The molecule has 0 aromatic carbocycles. The van der Waals surface area contributed by atoms with Gasteiger partial charge in [0.2, 0.25) is 5.91 Å². The van der Waals surface area contributed by atoms with Gasteiger partial charge in [0, 0.05) is 31.0 Å². The quantitative estimate of drug-likeness (QED) is 0.799. The molecule has 3 N–H and O–H groups in total. The monoisotopic (exact) mass is 268 g/mol. The van der Waals surface area contributed by atoms with Crippen LogP contribution in [-0.4, -0.2) is 32.2 Å². The molecule has 0 aromatic heterocycles. The minimum atomic E-state index is 0.129. The molecular weight excluding hydrogens is 240 g/mol. The Balaban J connectivity index is 1.81. The van der Waals surface area contributed by atoms with Crippen molar-refractivity contribution >= 4 is 5.91 Å². The number of carbonyl (C=O) groups is 1. The van der Waals surface area contributed by atoms with Crippen LogP contribution in [0, 0.1) is 11.3 Å². The maximum Gasteiger partial charge on any atom is 0.223 e. The largest absolute Gasteiger partial charge is 0.384 e. The second kappa shape index (κ2) is 6.71. The van der Waals surface area contributed by atoms with Gasteiger partial charge in [-0.1, -0.05) is 19.3 Å². The molecule has 0 aliphatic heterocycles. The first kappa shape index (κ1) is 14.8. The minimum Gasteiger partial charge on any atom is -0.384 e. The Morgan fingerprint density at radius 2 is 2.05 bits per heavy atom. The van der Waals surface area contributed by atoms with Crippen LogP contribution in [0.4, 0.5) is 0 Å². The second-order valence-corrected chi connectivity index (χ2v) is 6.48. The van der Waals surface area contributed by atoms with Crippen LogP contribution < -0.4 is 11.1 Å². The van der Waals surface area contributed by atoms with Gasteiger partial charge in [-0.15, -0.1) is 0 Å². The second-order valence-electron chi connectivity index (χ2n) is 6.48. The van der Waals surface area contributed by atoms with Gasteiger partial charge in [-0.2, -0.15) is 0 Å². The van der Waals surface area contributed by atoms with Crippen molar-refractivity contribution < 1.29 is 9.53 Å². The summed E-state index contributed by atoms with van der Waals surface area (Å²) in [6, 6.07) is 0.212. The van der Waals surface area contributed by atoms with Crippen molar-refractivity contribution in [3.63, 3.8) is 0 Å². The van der Waals surface area contributed by atoms with Crippen molar-refractivity contribution in [1.82, 2.24) is 5.32 Å². The summed E-state index contributed by atoms with van der Waals surface area (Å²) in [6.45, 7) is 1.53. The van der Waals surface area contributed by atoms with E-state index in [-0.39, 0.29) is 23.3 Å². The number of ether oxygens (including phenoxy) is 1. The summed E-state index contributed by atoms with van der Waals surface area (Å²) < 4.78 is 5.35. The predicted molar refractivity (Wildman–Crippen MR) is 75.7 cm³/mol. The lowest BCUT2D eigenvalue weighted by molar-refractivity contribution is -0.126. The first-order chi connectivity index (χ1) is 9.15. The lowest BCUT2D eigenvalue weighted by atomic mass is 9.84. The molecule has 110 valence electrons. The van der Waals surface area contributed by atoms with E-state index in [4.69, 9.17) is 10.5 Å². The highest BCUT2D eigenvalue weighted by atomic mass is 16.5. The van der Waals surface area contributed by atoms with Gasteiger partial charge in [-0.3, -0.25) is 4.79 Å². The molecular formula is C15H28N2O2. The molecule has 0 aromatic rings. The van der Waals surface area contributed by atoms with E-state index in [0.717, 1.165) is 38.8 Å². The molecule has 2 aliphatic carbocycles. The van der Waals surface area contributed by atoms with Crippen molar-refractivity contribution in [1.29, 1.82) is 0 Å². The number of nitrogens with one attached hydrogen (secondary N) is 1. The summed E-state index contributed by atoms with van der Waals surface area (Å²) in [5.41, 5.74) is 6.14. The van der Waals surface area contributed by atoms with Crippen LogP contribution in [0.1, 0.15) is 51.4 Å². The molecule has 1 amide bonds. The molecule has 0 heterocycles. The Kier molecular flexibility index (Phi) is 5.22. The van der Waals surface area contributed by atoms with Gasteiger partial charge in [0.05, 0.1) is 6.61 Å². The molecule has 2 fully saturated rings. The van der Waals surface area contributed by atoms with Crippen LogP contribution in [0.5, 0.6) is 0 Å². The number of methoxy groups -OCH3 is 1. The van der Waals surface area contributed by atoms with Gasteiger partial charge >= 0.3 is 0 Å². The first-order valence-corrected chi connectivity index (χ1v) is 7.67. The minimum absolute atomic E-state index is 0.129. The lowest BCUT2D eigenvalue weighted by Gasteiger charge is -2.31. The molecule has 0 radical (unpaired) electrons. The Hall–Kier alpha value is -0.610. The summed E-state index contributed by atoms with van der Waals surface area (Å²) in [5.74, 6) is 0.335. The molecule has 2 atom stereocenters. The van der Waals surface area contributed by atoms with Gasteiger partial charge in [0.25, 0.3) is 0 Å². The smallest absolute Gasteiger partial charge is 0.223 e. The Bertz CT molecular complexity index is 301. The van der Waals surface area contributed by atoms with E-state index in [0.29, 0.717) is 0 Å². The van der Waals surface area contributed by atoms with Crippen LogP contribution in [-0.2, 0) is 9.53 Å². The van der Waals surface area contributed by atoms with E-state index in [1.54, 1.807) is 7.11 Å². The summed E-state index contributed by atoms with van der Waals surface area (Å²) in [5, 5.41) is 3.17. The molecule has 4 nitrogen and oxygen atoms in total. The van der Waals surface area contributed by atoms with Gasteiger partial charge in [0.1, 0.15) is 0 Å². The standard InChI is InChI=1S/C15H28N2O2/c1-19-11-15(7-2-3-8-15)10-17-14(18)12-5-4-6-13(16)9-12/h12-13H,2-11,16H2,1H3,(H,17,18)/t12-,13+/m1/s1. The van der Waals surface area contributed by atoms with Gasteiger partial charge in [0.15, 0.2) is 0 Å². The van der Waals surface area contributed by atoms with Crippen LogP contribution in [0.15, 0.2) is 0 Å². The predicted octanol–water partition coefficient (Wildman–Crippen LogP) is 1.83. The first-order valence-electron chi connectivity index (χ1n) is 7.67. The Morgan fingerprint density at radius 3 is 2.68 bits per heavy atom. The summed E-state index contributed by atoms with van der Waals surface area (Å²) in [4.78, 5) is 12.2. The zero-order chi connectivity index (χ0) is 13.7. The van der Waals surface area contributed by atoms with Crippen molar-refractivity contribution in [3.05, 3.63) is 0 Å². The van der Waals surface area contributed by atoms with E-state index in [1.807, 2.05) is 0 Å². The number of hydrogen-bond donors (Lipinski definition) is 2. The fourth-order valence-electron chi connectivity index (χ4n) is 3.69. The third-order valence-electron chi connectivity index (χ3n) is 4.84. The average molecular weight is 268 g/mol. The molecule has 4 heteroatoms. The summed E-state index contributed by atoms with van der Waals surface area (Å²) in [7, 11) is 1.75. The van der Waals surface area contributed by atoms with E-state index in [1.165, 1.54) is 25.7 Å². The maximum atomic E-state index is 12.2. The zero-order valence-electron chi connectivity index (χ0n) is 12.1. The van der Waals surface area contributed by atoms with Crippen molar-refractivity contribution in [3.8, 4) is 0 Å². The van der Waals surface area contributed by atoms with Crippen LogP contribution in [0.3, 0.4) is 0 Å². The Morgan fingerprint density at radius 1 is 1.32 bits per heavy atom. The third kappa shape index (κ3) is 3.93. The zero-order valence-corrected chi connectivity index (χ0v) is 12.1. The van der Waals surface area contributed by atoms with Crippen LogP contribution in [0.2, 0.25) is 0 Å². The fraction of sp³-hybridized carbons (Fsp3) is 0.933. The maximum absolute atomic E-state index is 12.2. The molecule has 2 saturated carbocycles. The number of amides is 1. The van der Waals surface area contributed by atoms with E-state index >= 15 is 0 Å². The van der Waals surface area contributed by atoms with Crippen molar-refractivity contribution in [2.45, 2.75) is 57.4 Å². The molecule has 0 saturated heterocycles. The van der Waals surface area contributed by atoms with Crippen molar-refractivity contribution in [2.24, 2.45) is 17.1 Å². The van der Waals surface area contributed by atoms with Gasteiger partial charge in [-0.05, 0) is 32.1 Å². The SMILES string of the molecule is COCC1(CNC(=O)[C@@H]2CCC[C@H](N)C2)CCCC1. The Labute approximate surface area is 116 Å².